The highest BCUT2D eigenvalue weighted by atomic mass is 15.4. The van der Waals surface area contributed by atoms with Crippen LogP contribution in [-0.2, 0) is 11.8 Å². The summed E-state index contributed by atoms with van der Waals surface area (Å²) >= 11 is 0. The van der Waals surface area contributed by atoms with E-state index < -0.39 is 5.41 Å². The standard InChI is InChI=1S/C22H21N5/c1-16-18-14-22(15-23,19-10-5-6-12-24-19)20-11-7-13-26(20)21(18)27(25-16)17-8-3-2-4-9-17/h2-6,8-10,12,20H,7,11,13-14H2,1H3/t20-,22+/m0/s1. The minimum Gasteiger partial charge on any atom is -0.351 e. The molecular formula is C22H21N5. The van der Waals surface area contributed by atoms with Gasteiger partial charge < -0.3 is 4.90 Å². The van der Waals surface area contributed by atoms with Crippen LogP contribution in [0, 0.1) is 18.3 Å². The van der Waals surface area contributed by atoms with Crippen LogP contribution in [0.1, 0.15) is 29.8 Å². The number of hydrogen-bond acceptors (Lipinski definition) is 4. The highest BCUT2D eigenvalue weighted by Gasteiger charge is 2.52. The second kappa shape index (κ2) is 5.95. The van der Waals surface area contributed by atoms with Crippen LogP contribution >= 0.6 is 0 Å². The summed E-state index contributed by atoms with van der Waals surface area (Å²) in [5.41, 5.74) is 3.48. The number of para-hydroxylation sites is 1. The number of aromatic nitrogens is 3. The van der Waals surface area contributed by atoms with Gasteiger partial charge in [0.1, 0.15) is 11.2 Å². The van der Waals surface area contributed by atoms with E-state index in [4.69, 9.17) is 5.10 Å². The lowest BCUT2D eigenvalue weighted by Crippen LogP contribution is -2.52. The molecule has 0 saturated carbocycles. The SMILES string of the molecule is Cc1nn(-c2ccccc2)c2c1C[C@@](C#N)(c1ccccn1)[C@@H]1CCCN21. The number of fused-ring (bicyclic) bond motifs is 3. The van der Waals surface area contributed by atoms with E-state index in [9.17, 15) is 5.26 Å². The molecule has 0 N–H and O–H groups in total. The predicted molar refractivity (Wildman–Crippen MR) is 104 cm³/mol. The molecule has 0 bridgehead atoms. The van der Waals surface area contributed by atoms with E-state index in [1.807, 2.05) is 36.4 Å². The maximum Gasteiger partial charge on any atom is 0.136 e. The summed E-state index contributed by atoms with van der Waals surface area (Å²) in [7, 11) is 0. The summed E-state index contributed by atoms with van der Waals surface area (Å²) in [4.78, 5) is 7.00. The summed E-state index contributed by atoms with van der Waals surface area (Å²) in [6.45, 7) is 3.00. The highest BCUT2D eigenvalue weighted by Crippen LogP contribution is 2.48. The monoisotopic (exact) mass is 355 g/mol. The average molecular weight is 355 g/mol. The van der Waals surface area contributed by atoms with Gasteiger partial charge in [0.15, 0.2) is 0 Å². The van der Waals surface area contributed by atoms with Crippen molar-refractivity contribution in [2.24, 2.45) is 0 Å². The third-order valence-electron chi connectivity index (χ3n) is 6.03. The molecule has 0 amide bonds. The van der Waals surface area contributed by atoms with Gasteiger partial charge >= 0.3 is 0 Å². The Bertz CT molecular complexity index is 1020. The Morgan fingerprint density at radius 3 is 2.70 bits per heavy atom. The molecule has 3 aromatic rings. The van der Waals surface area contributed by atoms with Crippen molar-refractivity contribution in [2.45, 2.75) is 37.6 Å². The zero-order chi connectivity index (χ0) is 18.4. The van der Waals surface area contributed by atoms with Gasteiger partial charge in [-0.1, -0.05) is 24.3 Å². The fourth-order valence-electron chi connectivity index (χ4n) is 4.79. The van der Waals surface area contributed by atoms with E-state index in [0.717, 1.165) is 42.3 Å². The molecule has 2 aromatic heterocycles. The van der Waals surface area contributed by atoms with E-state index in [2.05, 4.69) is 39.7 Å². The Morgan fingerprint density at radius 2 is 1.96 bits per heavy atom. The van der Waals surface area contributed by atoms with Crippen LogP contribution in [0.5, 0.6) is 0 Å². The van der Waals surface area contributed by atoms with Crippen molar-refractivity contribution < 1.29 is 0 Å². The van der Waals surface area contributed by atoms with E-state index in [1.54, 1.807) is 6.20 Å². The molecule has 4 heterocycles. The zero-order valence-electron chi connectivity index (χ0n) is 15.3. The Kier molecular flexibility index (Phi) is 3.54. The van der Waals surface area contributed by atoms with Crippen LogP contribution in [0.25, 0.3) is 5.69 Å². The summed E-state index contributed by atoms with van der Waals surface area (Å²) in [5, 5.41) is 15.2. The van der Waals surface area contributed by atoms with E-state index >= 15 is 0 Å². The molecule has 5 heteroatoms. The lowest BCUT2D eigenvalue weighted by molar-refractivity contribution is 0.397. The normalized spacial score (nSPS) is 23.6. The summed E-state index contributed by atoms with van der Waals surface area (Å²) in [6.07, 6.45) is 4.54. The number of nitrogens with zero attached hydrogens (tertiary/aromatic N) is 5. The minimum absolute atomic E-state index is 0.128. The lowest BCUT2D eigenvalue weighted by Gasteiger charge is -2.43. The number of pyridine rings is 1. The first-order chi connectivity index (χ1) is 13.2. The predicted octanol–water partition coefficient (Wildman–Crippen LogP) is 3.56. The first-order valence-corrected chi connectivity index (χ1v) is 9.48. The number of hydrogen-bond donors (Lipinski definition) is 0. The number of rotatable bonds is 2. The van der Waals surface area contributed by atoms with Crippen LogP contribution in [0.15, 0.2) is 54.7 Å². The highest BCUT2D eigenvalue weighted by molar-refractivity contribution is 5.62. The topological polar surface area (TPSA) is 57.7 Å². The van der Waals surface area contributed by atoms with Crippen LogP contribution in [-0.4, -0.2) is 27.4 Å². The van der Waals surface area contributed by atoms with Crippen LogP contribution in [0.4, 0.5) is 5.82 Å². The molecule has 134 valence electrons. The van der Waals surface area contributed by atoms with Gasteiger partial charge in [-0.05, 0) is 44.0 Å². The fraction of sp³-hybridized carbons (Fsp3) is 0.318. The maximum atomic E-state index is 10.3. The fourth-order valence-corrected chi connectivity index (χ4v) is 4.79. The van der Waals surface area contributed by atoms with Crippen molar-refractivity contribution in [3.8, 4) is 11.8 Å². The van der Waals surface area contributed by atoms with E-state index in [1.165, 1.54) is 5.56 Å². The van der Waals surface area contributed by atoms with Gasteiger partial charge in [0, 0.05) is 24.7 Å². The van der Waals surface area contributed by atoms with Crippen molar-refractivity contribution >= 4 is 5.82 Å². The van der Waals surface area contributed by atoms with Crippen molar-refractivity contribution in [3.63, 3.8) is 0 Å². The molecule has 0 radical (unpaired) electrons. The van der Waals surface area contributed by atoms with Gasteiger partial charge in [0.25, 0.3) is 0 Å². The Hall–Kier alpha value is -3.13. The lowest BCUT2D eigenvalue weighted by atomic mass is 9.70. The van der Waals surface area contributed by atoms with E-state index in [-0.39, 0.29) is 6.04 Å². The van der Waals surface area contributed by atoms with Gasteiger partial charge in [-0.3, -0.25) is 4.98 Å². The average Bonchev–Trinajstić information content (AvgIpc) is 3.34. The molecule has 27 heavy (non-hydrogen) atoms. The minimum atomic E-state index is -0.625. The van der Waals surface area contributed by atoms with Gasteiger partial charge in [0.2, 0.25) is 0 Å². The second-order valence-electron chi connectivity index (χ2n) is 7.46. The first kappa shape index (κ1) is 16.1. The van der Waals surface area contributed by atoms with Crippen molar-refractivity contribution in [2.75, 3.05) is 11.4 Å². The largest absolute Gasteiger partial charge is 0.351 e. The molecule has 0 unspecified atom stereocenters. The van der Waals surface area contributed by atoms with Crippen molar-refractivity contribution in [3.05, 3.63) is 71.7 Å². The van der Waals surface area contributed by atoms with Crippen molar-refractivity contribution in [1.29, 1.82) is 5.26 Å². The van der Waals surface area contributed by atoms with E-state index in [0.29, 0.717) is 6.42 Å². The summed E-state index contributed by atoms with van der Waals surface area (Å²) in [6, 6.07) is 19.0. The maximum absolute atomic E-state index is 10.3. The number of nitriles is 1. The third-order valence-corrected chi connectivity index (χ3v) is 6.03. The molecule has 2 atom stereocenters. The molecule has 5 nitrogen and oxygen atoms in total. The quantitative estimate of drug-likeness (QED) is 0.705. The molecular weight excluding hydrogens is 334 g/mol. The Morgan fingerprint density at radius 1 is 1.15 bits per heavy atom. The second-order valence-corrected chi connectivity index (χ2v) is 7.46. The first-order valence-electron chi connectivity index (χ1n) is 9.48. The number of aryl methyl sites for hydroxylation is 1. The summed E-state index contributed by atoms with van der Waals surface area (Å²) in [5.74, 6) is 1.16. The van der Waals surface area contributed by atoms with Crippen LogP contribution in [0.3, 0.4) is 0 Å². The molecule has 1 saturated heterocycles. The molecule has 2 aliphatic heterocycles. The third kappa shape index (κ3) is 2.23. The van der Waals surface area contributed by atoms with Gasteiger partial charge in [-0.2, -0.15) is 10.4 Å². The molecule has 5 rings (SSSR count). The van der Waals surface area contributed by atoms with Crippen LogP contribution in [0.2, 0.25) is 0 Å². The molecule has 1 fully saturated rings. The molecule has 1 aromatic carbocycles. The number of anilines is 1. The van der Waals surface area contributed by atoms with Crippen LogP contribution < -0.4 is 4.90 Å². The smallest absolute Gasteiger partial charge is 0.136 e. The van der Waals surface area contributed by atoms with Gasteiger partial charge in [-0.25, -0.2) is 4.68 Å². The zero-order valence-corrected chi connectivity index (χ0v) is 15.3. The van der Waals surface area contributed by atoms with Crippen molar-refractivity contribution in [1.82, 2.24) is 14.8 Å². The Balaban J connectivity index is 1.73. The van der Waals surface area contributed by atoms with Gasteiger partial charge in [-0.15, -0.1) is 0 Å². The summed E-state index contributed by atoms with van der Waals surface area (Å²) < 4.78 is 2.06. The molecule has 0 aliphatic carbocycles. The van der Waals surface area contributed by atoms with Gasteiger partial charge in [0.05, 0.1) is 29.2 Å². The molecule has 0 spiro atoms. The molecule has 2 aliphatic rings. The Labute approximate surface area is 158 Å². The number of benzene rings is 1.